The average Bonchev–Trinajstić information content (AvgIpc) is 2.20. The Hall–Kier alpha value is -0.970. The van der Waals surface area contributed by atoms with Crippen molar-refractivity contribution in [3.8, 4) is 11.5 Å². The summed E-state index contributed by atoms with van der Waals surface area (Å²) in [5, 5.41) is 8.98. The molecule has 0 aromatic heterocycles. The highest BCUT2D eigenvalue weighted by molar-refractivity contribution is 6.33. The lowest BCUT2D eigenvalue weighted by Crippen LogP contribution is -2.06. The Morgan fingerprint density at radius 2 is 1.79 bits per heavy atom. The molecule has 1 rings (SSSR count). The Morgan fingerprint density at radius 3 is 2.14 bits per heavy atom. The summed E-state index contributed by atoms with van der Waals surface area (Å²) in [6.45, 7) is 0.309. The van der Waals surface area contributed by atoms with Crippen LogP contribution in [0.2, 0.25) is 5.02 Å². The molecule has 0 fully saturated rings. The fourth-order valence-corrected chi connectivity index (χ4v) is 1.38. The molecular formula is C9H12ClNO3. The van der Waals surface area contributed by atoms with E-state index in [1.807, 2.05) is 0 Å². The first-order valence-corrected chi connectivity index (χ1v) is 4.38. The lowest BCUT2D eigenvalue weighted by Gasteiger charge is -2.10. The highest BCUT2D eigenvalue weighted by atomic mass is 35.5. The molecule has 0 radical (unpaired) electrons. The Balaban J connectivity index is 3.11. The van der Waals surface area contributed by atoms with Gasteiger partial charge in [0.1, 0.15) is 16.5 Å². The van der Waals surface area contributed by atoms with Crippen molar-refractivity contribution in [2.24, 2.45) is 0 Å². The molecule has 0 bridgehead atoms. The molecule has 1 aromatic rings. The van der Waals surface area contributed by atoms with Gasteiger partial charge < -0.3 is 14.7 Å². The number of hydrogen-bond acceptors (Lipinski definition) is 4. The maximum atomic E-state index is 8.55. The molecule has 0 heterocycles. The monoisotopic (exact) mass is 217 g/mol. The van der Waals surface area contributed by atoms with Crippen LogP contribution in [0.5, 0.6) is 11.5 Å². The van der Waals surface area contributed by atoms with Crippen LogP contribution in [-0.2, 0) is 6.54 Å². The largest absolute Gasteiger partial charge is 0.495 e. The number of hydroxylamine groups is 1. The highest BCUT2D eigenvalue weighted by Gasteiger charge is 2.09. The summed E-state index contributed by atoms with van der Waals surface area (Å²) in [7, 11) is 3.05. The molecule has 14 heavy (non-hydrogen) atoms. The molecule has 0 aliphatic carbocycles. The van der Waals surface area contributed by atoms with E-state index in [2.05, 4.69) is 5.48 Å². The average molecular weight is 218 g/mol. The second-order valence-electron chi connectivity index (χ2n) is 2.65. The van der Waals surface area contributed by atoms with Crippen LogP contribution in [-0.4, -0.2) is 19.4 Å². The number of hydrogen-bond donors (Lipinski definition) is 2. The molecular weight excluding hydrogens is 206 g/mol. The molecule has 0 amide bonds. The van der Waals surface area contributed by atoms with Crippen LogP contribution in [0.4, 0.5) is 0 Å². The molecule has 4 nitrogen and oxygen atoms in total. The zero-order valence-electron chi connectivity index (χ0n) is 8.00. The van der Waals surface area contributed by atoms with Gasteiger partial charge in [-0.1, -0.05) is 11.6 Å². The van der Waals surface area contributed by atoms with Crippen molar-refractivity contribution < 1.29 is 14.7 Å². The maximum absolute atomic E-state index is 8.55. The Labute approximate surface area is 87.4 Å². The van der Waals surface area contributed by atoms with Gasteiger partial charge in [-0.25, -0.2) is 5.48 Å². The number of ether oxygens (including phenoxy) is 2. The van der Waals surface area contributed by atoms with E-state index in [1.165, 1.54) is 14.2 Å². The van der Waals surface area contributed by atoms with Crippen molar-refractivity contribution in [3.63, 3.8) is 0 Å². The van der Waals surface area contributed by atoms with Crippen molar-refractivity contribution in [3.05, 3.63) is 22.7 Å². The predicted octanol–water partition coefficient (Wildman–Crippen LogP) is 1.84. The van der Waals surface area contributed by atoms with Gasteiger partial charge in [0.15, 0.2) is 0 Å². The first-order chi connectivity index (χ1) is 6.72. The Bertz CT molecular complexity index is 292. The van der Waals surface area contributed by atoms with Crippen LogP contribution in [0.25, 0.3) is 0 Å². The van der Waals surface area contributed by atoms with Gasteiger partial charge in [0.25, 0.3) is 0 Å². The standard InChI is InChI=1S/C9H12ClNO3/c1-13-7-3-6(5-11-12)4-8(14-2)9(7)10/h3-4,11-12H,5H2,1-2H3. The van der Waals surface area contributed by atoms with Crippen LogP contribution in [0.15, 0.2) is 12.1 Å². The van der Waals surface area contributed by atoms with Crippen LogP contribution >= 0.6 is 11.6 Å². The third-order valence-corrected chi connectivity index (χ3v) is 2.16. The van der Waals surface area contributed by atoms with Crippen molar-refractivity contribution in [1.82, 2.24) is 5.48 Å². The van der Waals surface area contributed by atoms with Gasteiger partial charge in [-0.15, -0.1) is 0 Å². The van der Waals surface area contributed by atoms with Crippen molar-refractivity contribution in [2.75, 3.05) is 14.2 Å². The first kappa shape index (κ1) is 11.1. The van der Waals surface area contributed by atoms with Crippen LogP contribution in [0, 0.1) is 0 Å². The van der Waals surface area contributed by atoms with E-state index < -0.39 is 0 Å². The minimum Gasteiger partial charge on any atom is -0.495 e. The third-order valence-electron chi connectivity index (χ3n) is 1.79. The zero-order chi connectivity index (χ0) is 10.6. The van der Waals surface area contributed by atoms with Gasteiger partial charge in [-0.3, -0.25) is 0 Å². The van der Waals surface area contributed by atoms with Crippen LogP contribution in [0.1, 0.15) is 5.56 Å². The predicted molar refractivity (Wildman–Crippen MR) is 53.2 cm³/mol. The first-order valence-electron chi connectivity index (χ1n) is 4.00. The minimum absolute atomic E-state index is 0.309. The molecule has 0 saturated heterocycles. The molecule has 1 aromatic carbocycles. The Morgan fingerprint density at radius 1 is 1.29 bits per heavy atom. The van der Waals surface area contributed by atoms with Gasteiger partial charge in [-0.05, 0) is 17.7 Å². The minimum atomic E-state index is 0.309. The number of nitrogens with one attached hydrogen (secondary N) is 1. The lowest BCUT2D eigenvalue weighted by atomic mass is 10.2. The second kappa shape index (κ2) is 5.05. The smallest absolute Gasteiger partial charge is 0.141 e. The fraction of sp³-hybridized carbons (Fsp3) is 0.333. The van der Waals surface area contributed by atoms with Gasteiger partial charge in [0.05, 0.1) is 14.2 Å². The topological polar surface area (TPSA) is 50.7 Å². The lowest BCUT2D eigenvalue weighted by molar-refractivity contribution is 0.161. The number of methoxy groups -OCH3 is 2. The van der Waals surface area contributed by atoms with Gasteiger partial charge in [0, 0.05) is 6.54 Å². The molecule has 0 atom stereocenters. The summed E-state index contributed by atoms with van der Waals surface area (Å²) in [5.74, 6) is 1.05. The van der Waals surface area contributed by atoms with Gasteiger partial charge >= 0.3 is 0 Å². The molecule has 0 aliphatic heterocycles. The molecule has 5 heteroatoms. The quantitative estimate of drug-likeness (QED) is 0.756. The summed E-state index contributed by atoms with van der Waals surface area (Å²) in [5.41, 5.74) is 2.88. The zero-order valence-corrected chi connectivity index (χ0v) is 8.76. The second-order valence-corrected chi connectivity index (χ2v) is 3.03. The normalized spacial score (nSPS) is 10.0. The van der Waals surface area contributed by atoms with E-state index >= 15 is 0 Å². The summed E-state index contributed by atoms with van der Waals surface area (Å²) < 4.78 is 10.1. The van der Waals surface area contributed by atoms with E-state index in [0.717, 1.165) is 5.56 Å². The molecule has 78 valence electrons. The van der Waals surface area contributed by atoms with E-state index in [9.17, 15) is 0 Å². The Kier molecular flexibility index (Phi) is 4.00. The number of rotatable bonds is 4. The van der Waals surface area contributed by atoms with Gasteiger partial charge in [0.2, 0.25) is 0 Å². The maximum Gasteiger partial charge on any atom is 0.141 e. The van der Waals surface area contributed by atoms with E-state index in [0.29, 0.717) is 23.1 Å². The van der Waals surface area contributed by atoms with E-state index in [4.69, 9.17) is 26.3 Å². The molecule has 0 aliphatic rings. The SMILES string of the molecule is COc1cc(CNO)cc(OC)c1Cl. The van der Waals surface area contributed by atoms with E-state index in [-0.39, 0.29) is 0 Å². The summed E-state index contributed by atoms with van der Waals surface area (Å²) >= 11 is 5.95. The van der Waals surface area contributed by atoms with Crippen molar-refractivity contribution >= 4 is 11.6 Å². The molecule has 0 spiro atoms. The summed E-state index contributed by atoms with van der Waals surface area (Å²) in [6, 6.07) is 3.46. The number of halogens is 1. The van der Waals surface area contributed by atoms with Gasteiger partial charge in [-0.2, -0.15) is 0 Å². The summed E-state index contributed by atoms with van der Waals surface area (Å²) in [4.78, 5) is 0. The highest BCUT2D eigenvalue weighted by Crippen LogP contribution is 2.35. The number of benzene rings is 1. The molecule has 0 unspecified atom stereocenters. The third kappa shape index (κ3) is 2.29. The molecule has 0 saturated carbocycles. The van der Waals surface area contributed by atoms with Crippen LogP contribution < -0.4 is 15.0 Å². The fourth-order valence-electron chi connectivity index (χ4n) is 1.12. The van der Waals surface area contributed by atoms with Crippen molar-refractivity contribution in [2.45, 2.75) is 6.54 Å². The van der Waals surface area contributed by atoms with Crippen molar-refractivity contribution in [1.29, 1.82) is 0 Å². The van der Waals surface area contributed by atoms with Crippen LogP contribution in [0.3, 0.4) is 0 Å². The molecule has 2 N–H and O–H groups in total. The van der Waals surface area contributed by atoms with E-state index in [1.54, 1.807) is 12.1 Å². The summed E-state index contributed by atoms with van der Waals surface area (Å²) in [6.07, 6.45) is 0.